The first-order valence-corrected chi connectivity index (χ1v) is 7.38. The molecule has 2 atom stereocenters. The summed E-state index contributed by atoms with van der Waals surface area (Å²) in [5.74, 6) is 0. The van der Waals surface area contributed by atoms with Gasteiger partial charge in [-0.1, -0.05) is 0 Å². The Kier molecular flexibility index (Phi) is 2.60. The van der Waals surface area contributed by atoms with Gasteiger partial charge in [0.05, 0.1) is 12.2 Å². The van der Waals surface area contributed by atoms with Crippen LogP contribution in [0.3, 0.4) is 0 Å². The number of rotatable bonds is 2. The van der Waals surface area contributed by atoms with E-state index in [9.17, 15) is 22.6 Å². The first-order chi connectivity index (χ1) is 9.30. The van der Waals surface area contributed by atoms with E-state index < -0.39 is 27.0 Å². The molecule has 0 aromatic carbocycles. The van der Waals surface area contributed by atoms with Crippen molar-refractivity contribution in [2.24, 2.45) is 0 Å². The Morgan fingerprint density at radius 1 is 1.35 bits per heavy atom. The van der Waals surface area contributed by atoms with E-state index in [1.54, 1.807) is 0 Å². The Balaban J connectivity index is 2.36. The molecule has 0 amide bonds. The third-order valence-corrected chi connectivity index (χ3v) is 4.88. The lowest BCUT2D eigenvalue weighted by Gasteiger charge is -2.18. The van der Waals surface area contributed by atoms with Gasteiger partial charge in [0.25, 0.3) is 21.2 Å². The van der Waals surface area contributed by atoms with Gasteiger partial charge in [0.2, 0.25) is 0 Å². The molecular formula is C11H11N3O5S. The van der Waals surface area contributed by atoms with Crippen LogP contribution in [0.1, 0.15) is 13.0 Å². The molecule has 20 heavy (non-hydrogen) atoms. The van der Waals surface area contributed by atoms with Crippen molar-refractivity contribution < 1.29 is 13.0 Å². The second-order valence-electron chi connectivity index (χ2n) is 4.74. The largest absolute Gasteiger partial charge is 0.291 e. The van der Waals surface area contributed by atoms with Gasteiger partial charge in [-0.15, -0.1) is 0 Å². The van der Waals surface area contributed by atoms with Crippen molar-refractivity contribution in [3.05, 3.63) is 39.0 Å². The van der Waals surface area contributed by atoms with Gasteiger partial charge in [0.1, 0.15) is 16.4 Å². The van der Waals surface area contributed by atoms with Crippen LogP contribution in [0.25, 0.3) is 11.2 Å². The van der Waals surface area contributed by atoms with Gasteiger partial charge in [-0.3, -0.25) is 23.3 Å². The maximum atomic E-state index is 12.0. The third kappa shape index (κ3) is 1.70. The minimum Gasteiger partial charge on any atom is -0.291 e. The van der Waals surface area contributed by atoms with Crippen molar-refractivity contribution >= 4 is 21.3 Å². The summed E-state index contributed by atoms with van der Waals surface area (Å²) < 4.78 is 34.4. The molecule has 8 nitrogen and oxygen atoms in total. The second-order valence-corrected chi connectivity index (χ2v) is 6.52. The van der Waals surface area contributed by atoms with E-state index in [0.29, 0.717) is 5.52 Å². The van der Waals surface area contributed by atoms with Gasteiger partial charge in [-0.05, 0) is 13.0 Å². The smallest absolute Gasteiger partial charge is 0.270 e. The zero-order chi connectivity index (χ0) is 14.7. The number of aromatic nitrogens is 3. The van der Waals surface area contributed by atoms with Crippen LogP contribution >= 0.6 is 0 Å². The Bertz CT molecular complexity index is 922. The Morgan fingerprint density at radius 3 is 2.70 bits per heavy atom. The summed E-state index contributed by atoms with van der Waals surface area (Å²) in [6.07, 6.45) is 1.08. The molecule has 0 saturated carbocycles. The monoisotopic (exact) mass is 297 g/mol. The predicted molar refractivity (Wildman–Crippen MR) is 70.3 cm³/mol. The van der Waals surface area contributed by atoms with Gasteiger partial charge >= 0.3 is 0 Å². The van der Waals surface area contributed by atoms with Crippen molar-refractivity contribution in [1.82, 2.24) is 14.1 Å². The van der Waals surface area contributed by atoms with Crippen LogP contribution in [0.2, 0.25) is 0 Å². The molecule has 0 spiro atoms. The lowest BCUT2D eigenvalue weighted by Crippen LogP contribution is -2.34. The number of nitrogens with zero attached hydrogens (tertiary/aromatic N) is 3. The number of pyridine rings is 1. The molecule has 1 aliphatic rings. The highest BCUT2D eigenvalue weighted by atomic mass is 32.2. The van der Waals surface area contributed by atoms with Crippen molar-refractivity contribution in [3.8, 4) is 0 Å². The summed E-state index contributed by atoms with van der Waals surface area (Å²) in [5.41, 5.74) is -0.140. The van der Waals surface area contributed by atoms with Gasteiger partial charge in [-0.2, -0.15) is 8.42 Å². The summed E-state index contributed by atoms with van der Waals surface area (Å²) >= 11 is 0. The van der Waals surface area contributed by atoms with Gasteiger partial charge in [0, 0.05) is 12.6 Å². The Morgan fingerprint density at radius 2 is 2.05 bits per heavy atom. The summed E-state index contributed by atoms with van der Waals surface area (Å²) in [7, 11) is -4.33. The van der Waals surface area contributed by atoms with Gasteiger partial charge in [0.15, 0.2) is 0 Å². The average molecular weight is 297 g/mol. The SMILES string of the molecule is CC(C1Cn2c(=O)ccc3ncc(=O)n1c32)S(=O)(=O)O. The standard InChI is InChI=1S/C11H11N3O5S/c1-6(20(17,18)19)8-5-13-9(15)3-2-7-11(13)14(8)10(16)4-12-7/h2-4,6,8H,5H2,1H3,(H,17,18,19). The van der Waals surface area contributed by atoms with Crippen LogP contribution in [-0.2, 0) is 16.7 Å². The highest BCUT2D eigenvalue weighted by Gasteiger charge is 2.36. The predicted octanol–water partition coefficient (Wildman–Crippen LogP) is -0.611. The van der Waals surface area contributed by atoms with E-state index >= 15 is 0 Å². The van der Waals surface area contributed by atoms with E-state index in [4.69, 9.17) is 0 Å². The summed E-state index contributed by atoms with van der Waals surface area (Å²) in [4.78, 5) is 27.7. The van der Waals surface area contributed by atoms with Gasteiger partial charge in [-0.25, -0.2) is 4.98 Å². The number of hydrogen-bond donors (Lipinski definition) is 1. The zero-order valence-corrected chi connectivity index (χ0v) is 11.2. The fourth-order valence-corrected chi connectivity index (χ4v) is 3.13. The quantitative estimate of drug-likeness (QED) is 0.740. The van der Waals surface area contributed by atoms with Crippen molar-refractivity contribution in [2.75, 3.05) is 0 Å². The lowest BCUT2D eigenvalue weighted by molar-refractivity contribution is 0.414. The number of hydrogen-bond acceptors (Lipinski definition) is 5. The van der Waals surface area contributed by atoms with E-state index in [-0.39, 0.29) is 17.8 Å². The Hall–Kier alpha value is -2.00. The van der Waals surface area contributed by atoms with E-state index in [1.165, 1.54) is 28.2 Å². The molecule has 0 saturated heterocycles. The molecule has 0 bridgehead atoms. The lowest BCUT2D eigenvalue weighted by atomic mass is 10.2. The van der Waals surface area contributed by atoms with Crippen LogP contribution < -0.4 is 11.1 Å². The van der Waals surface area contributed by atoms with E-state index in [0.717, 1.165) is 6.20 Å². The molecule has 3 rings (SSSR count). The minimum absolute atomic E-state index is 0.0120. The first-order valence-electron chi connectivity index (χ1n) is 5.88. The molecule has 3 heterocycles. The van der Waals surface area contributed by atoms with Crippen LogP contribution in [0.4, 0.5) is 0 Å². The van der Waals surface area contributed by atoms with E-state index in [1.807, 2.05) is 0 Å². The van der Waals surface area contributed by atoms with E-state index in [2.05, 4.69) is 4.98 Å². The molecule has 1 aliphatic heterocycles. The normalized spacial score (nSPS) is 19.4. The molecule has 9 heteroatoms. The average Bonchev–Trinajstić information content (AvgIpc) is 2.77. The molecule has 0 aliphatic carbocycles. The third-order valence-electron chi connectivity index (χ3n) is 3.63. The maximum Gasteiger partial charge on any atom is 0.270 e. The van der Waals surface area contributed by atoms with Crippen molar-refractivity contribution in [3.63, 3.8) is 0 Å². The molecule has 2 unspecified atom stereocenters. The fraction of sp³-hybridized carbons (Fsp3) is 0.364. The molecular weight excluding hydrogens is 286 g/mol. The molecule has 0 radical (unpaired) electrons. The zero-order valence-electron chi connectivity index (χ0n) is 10.4. The van der Waals surface area contributed by atoms with Crippen LogP contribution in [0, 0.1) is 0 Å². The molecule has 0 fully saturated rings. The second kappa shape index (κ2) is 4.00. The fourth-order valence-electron chi connectivity index (χ4n) is 2.53. The van der Waals surface area contributed by atoms with Crippen LogP contribution in [0.15, 0.2) is 27.9 Å². The highest BCUT2D eigenvalue weighted by molar-refractivity contribution is 7.86. The topological polar surface area (TPSA) is 111 Å². The Labute approximate surface area is 113 Å². The molecule has 2 aromatic heterocycles. The first kappa shape index (κ1) is 13.0. The van der Waals surface area contributed by atoms with Gasteiger partial charge < -0.3 is 0 Å². The summed E-state index contributed by atoms with van der Waals surface area (Å²) in [5, 5.41) is -1.20. The minimum atomic E-state index is -4.33. The van der Waals surface area contributed by atoms with Crippen LogP contribution in [0.5, 0.6) is 0 Å². The van der Waals surface area contributed by atoms with Crippen LogP contribution in [-0.4, -0.2) is 32.3 Å². The van der Waals surface area contributed by atoms with Crippen molar-refractivity contribution in [2.45, 2.75) is 24.8 Å². The molecule has 2 aromatic rings. The molecule has 1 N–H and O–H groups in total. The maximum absolute atomic E-state index is 12.0. The molecule has 106 valence electrons. The highest BCUT2D eigenvalue weighted by Crippen LogP contribution is 2.27. The summed E-state index contributed by atoms with van der Waals surface area (Å²) in [6, 6.07) is 1.95. The summed E-state index contributed by atoms with van der Waals surface area (Å²) in [6.45, 7) is 1.31. The van der Waals surface area contributed by atoms with Crippen molar-refractivity contribution in [1.29, 1.82) is 0 Å².